The molecule has 0 aromatic heterocycles. The lowest BCUT2D eigenvalue weighted by molar-refractivity contribution is 0.147. The van der Waals surface area contributed by atoms with Gasteiger partial charge in [0.1, 0.15) is 5.75 Å². The molecule has 0 aliphatic rings. The summed E-state index contributed by atoms with van der Waals surface area (Å²) in [7, 11) is 3.35. The Labute approximate surface area is 109 Å². The van der Waals surface area contributed by atoms with Crippen molar-refractivity contribution in [2.45, 2.75) is 13.5 Å². The maximum atomic E-state index is 8.93. The van der Waals surface area contributed by atoms with E-state index in [0.717, 1.165) is 30.9 Å². The fraction of sp³-hybridized carbons (Fsp3) is 0.500. The molecule has 0 bridgehead atoms. The third-order valence-electron chi connectivity index (χ3n) is 2.86. The summed E-state index contributed by atoms with van der Waals surface area (Å²) in [6.07, 6.45) is 0. The van der Waals surface area contributed by atoms with E-state index in [9.17, 15) is 0 Å². The Hall–Kier alpha value is -1.57. The molecule has 4 heteroatoms. The number of hydrogen-bond donors (Lipinski definition) is 0. The summed E-state index contributed by atoms with van der Waals surface area (Å²) in [6.45, 7) is 5.37. The predicted octanol–water partition coefficient (Wildman–Crippen LogP) is 2.04. The molecule has 0 aliphatic carbocycles. The van der Waals surface area contributed by atoms with Crippen molar-refractivity contribution < 1.29 is 9.47 Å². The average molecular weight is 248 g/mol. The van der Waals surface area contributed by atoms with Gasteiger partial charge >= 0.3 is 0 Å². The highest BCUT2D eigenvalue weighted by Gasteiger charge is 2.09. The van der Waals surface area contributed by atoms with E-state index in [1.54, 1.807) is 20.3 Å². The van der Waals surface area contributed by atoms with Crippen molar-refractivity contribution in [2.24, 2.45) is 0 Å². The molecule has 1 aromatic carbocycles. The summed E-state index contributed by atoms with van der Waals surface area (Å²) < 4.78 is 10.4. The van der Waals surface area contributed by atoms with E-state index in [0.29, 0.717) is 12.2 Å². The van der Waals surface area contributed by atoms with Crippen LogP contribution in [0.1, 0.15) is 18.1 Å². The molecule has 0 saturated heterocycles. The number of nitrogens with zero attached hydrogens (tertiary/aromatic N) is 2. The van der Waals surface area contributed by atoms with Crippen LogP contribution in [0.15, 0.2) is 18.2 Å². The second kappa shape index (κ2) is 7.70. The lowest BCUT2D eigenvalue weighted by Crippen LogP contribution is -2.26. The zero-order valence-electron chi connectivity index (χ0n) is 11.3. The van der Waals surface area contributed by atoms with Gasteiger partial charge in [0.25, 0.3) is 0 Å². The van der Waals surface area contributed by atoms with Crippen LogP contribution < -0.4 is 4.74 Å². The molecule has 0 fully saturated rings. The van der Waals surface area contributed by atoms with E-state index in [1.165, 1.54) is 0 Å². The molecule has 0 aliphatic heterocycles. The summed E-state index contributed by atoms with van der Waals surface area (Å²) in [4.78, 5) is 2.25. The van der Waals surface area contributed by atoms with Crippen LogP contribution in [0, 0.1) is 11.3 Å². The summed E-state index contributed by atoms with van der Waals surface area (Å²) >= 11 is 0. The number of rotatable bonds is 7. The van der Waals surface area contributed by atoms with Crippen LogP contribution in [0.2, 0.25) is 0 Å². The largest absolute Gasteiger partial charge is 0.496 e. The highest BCUT2D eigenvalue weighted by molar-refractivity contribution is 5.42. The van der Waals surface area contributed by atoms with Gasteiger partial charge in [-0.15, -0.1) is 0 Å². The predicted molar refractivity (Wildman–Crippen MR) is 70.5 cm³/mol. The van der Waals surface area contributed by atoms with Crippen LogP contribution in [0.4, 0.5) is 0 Å². The van der Waals surface area contributed by atoms with Gasteiger partial charge in [0.2, 0.25) is 0 Å². The molecule has 0 saturated carbocycles. The minimum absolute atomic E-state index is 0.661. The summed E-state index contributed by atoms with van der Waals surface area (Å²) in [5.74, 6) is 0.824. The molecule has 0 heterocycles. The lowest BCUT2D eigenvalue weighted by atomic mass is 10.1. The number of ether oxygens (including phenoxy) is 2. The molecule has 4 nitrogen and oxygen atoms in total. The van der Waals surface area contributed by atoms with Gasteiger partial charge in [0, 0.05) is 25.8 Å². The standard InChI is InChI=1S/C14H20N2O2/c1-4-16(7-8-17-2)11-13-9-12(10-15)5-6-14(13)18-3/h5-6,9H,4,7-8,11H2,1-3H3. The van der Waals surface area contributed by atoms with Gasteiger partial charge < -0.3 is 9.47 Å². The normalized spacial score (nSPS) is 10.4. The van der Waals surface area contributed by atoms with Gasteiger partial charge in [-0.25, -0.2) is 0 Å². The second-order valence-corrected chi connectivity index (χ2v) is 4.00. The number of benzene rings is 1. The van der Waals surface area contributed by atoms with E-state index < -0.39 is 0 Å². The zero-order chi connectivity index (χ0) is 13.4. The Balaban J connectivity index is 2.83. The summed E-state index contributed by atoms with van der Waals surface area (Å²) in [5, 5.41) is 8.93. The first kappa shape index (κ1) is 14.5. The van der Waals surface area contributed by atoms with Crippen LogP contribution in [-0.4, -0.2) is 38.8 Å². The molecule has 0 N–H and O–H groups in total. The lowest BCUT2D eigenvalue weighted by Gasteiger charge is -2.21. The molecule has 1 aromatic rings. The number of nitriles is 1. The minimum Gasteiger partial charge on any atom is -0.496 e. The molecule has 0 unspecified atom stereocenters. The summed E-state index contributed by atoms with van der Waals surface area (Å²) in [5.41, 5.74) is 1.70. The molecule has 0 atom stereocenters. The van der Waals surface area contributed by atoms with Crippen LogP contribution in [-0.2, 0) is 11.3 Å². The first-order valence-corrected chi connectivity index (χ1v) is 6.03. The van der Waals surface area contributed by atoms with Crippen LogP contribution in [0.5, 0.6) is 5.75 Å². The minimum atomic E-state index is 0.661. The second-order valence-electron chi connectivity index (χ2n) is 4.00. The van der Waals surface area contributed by atoms with Crippen LogP contribution >= 0.6 is 0 Å². The molecule has 0 spiro atoms. The maximum absolute atomic E-state index is 8.93. The first-order valence-electron chi connectivity index (χ1n) is 6.03. The van der Waals surface area contributed by atoms with Crippen LogP contribution in [0.25, 0.3) is 0 Å². The third-order valence-corrected chi connectivity index (χ3v) is 2.86. The highest BCUT2D eigenvalue weighted by Crippen LogP contribution is 2.21. The van der Waals surface area contributed by atoms with E-state index in [2.05, 4.69) is 17.9 Å². The summed E-state index contributed by atoms with van der Waals surface area (Å²) in [6, 6.07) is 7.65. The van der Waals surface area contributed by atoms with Gasteiger partial charge in [0.15, 0.2) is 0 Å². The first-order chi connectivity index (χ1) is 8.74. The molecular formula is C14H20N2O2. The fourth-order valence-electron chi connectivity index (χ4n) is 1.78. The molecule has 0 radical (unpaired) electrons. The molecule has 98 valence electrons. The van der Waals surface area contributed by atoms with Crippen molar-refractivity contribution in [3.05, 3.63) is 29.3 Å². The van der Waals surface area contributed by atoms with Crippen LogP contribution in [0.3, 0.4) is 0 Å². The number of likely N-dealkylation sites (N-methyl/N-ethyl adjacent to an activating group) is 1. The van der Waals surface area contributed by atoms with Crippen molar-refractivity contribution in [1.29, 1.82) is 5.26 Å². The van der Waals surface area contributed by atoms with E-state index >= 15 is 0 Å². The van der Waals surface area contributed by atoms with E-state index in [4.69, 9.17) is 14.7 Å². The Morgan fingerprint density at radius 1 is 1.33 bits per heavy atom. The van der Waals surface area contributed by atoms with Gasteiger partial charge in [0.05, 0.1) is 25.3 Å². The van der Waals surface area contributed by atoms with E-state index in [1.807, 2.05) is 12.1 Å². The quantitative estimate of drug-likeness (QED) is 0.740. The molecule has 18 heavy (non-hydrogen) atoms. The highest BCUT2D eigenvalue weighted by atomic mass is 16.5. The van der Waals surface area contributed by atoms with Gasteiger partial charge in [-0.2, -0.15) is 5.26 Å². The fourth-order valence-corrected chi connectivity index (χ4v) is 1.78. The topological polar surface area (TPSA) is 45.5 Å². The molecular weight excluding hydrogens is 228 g/mol. The molecule has 0 amide bonds. The van der Waals surface area contributed by atoms with Gasteiger partial charge in [-0.1, -0.05) is 6.92 Å². The van der Waals surface area contributed by atoms with E-state index in [-0.39, 0.29) is 0 Å². The van der Waals surface area contributed by atoms with Gasteiger partial charge in [-0.05, 0) is 24.7 Å². The van der Waals surface area contributed by atoms with Crippen molar-refractivity contribution in [3.8, 4) is 11.8 Å². The Kier molecular flexibility index (Phi) is 6.20. The van der Waals surface area contributed by atoms with Crippen molar-refractivity contribution in [2.75, 3.05) is 33.9 Å². The SMILES string of the molecule is CCN(CCOC)Cc1cc(C#N)ccc1OC. The molecule has 1 rings (SSSR count). The van der Waals surface area contributed by atoms with Crippen molar-refractivity contribution >= 4 is 0 Å². The van der Waals surface area contributed by atoms with Gasteiger partial charge in [-0.3, -0.25) is 4.90 Å². The Morgan fingerprint density at radius 2 is 2.11 bits per heavy atom. The van der Waals surface area contributed by atoms with Crippen molar-refractivity contribution in [1.82, 2.24) is 4.90 Å². The number of hydrogen-bond acceptors (Lipinski definition) is 4. The number of methoxy groups -OCH3 is 2. The third kappa shape index (κ3) is 4.02. The average Bonchev–Trinajstić information content (AvgIpc) is 2.43. The zero-order valence-corrected chi connectivity index (χ0v) is 11.3. The monoisotopic (exact) mass is 248 g/mol. The smallest absolute Gasteiger partial charge is 0.123 e. The Morgan fingerprint density at radius 3 is 2.67 bits per heavy atom. The maximum Gasteiger partial charge on any atom is 0.123 e. The van der Waals surface area contributed by atoms with Crippen molar-refractivity contribution in [3.63, 3.8) is 0 Å². The Bertz CT molecular complexity index is 413.